The number of nitrogens with two attached hydrogens (primary N) is 1. The van der Waals surface area contributed by atoms with Crippen LogP contribution in [-0.4, -0.2) is 23.0 Å². The molecule has 5 heteroatoms. The van der Waals surface area contributed by atoms with E-state index in [-0.39, 0.29) is 11.7 Å². The highest BCUT2D eigenvalue weighted by atomic mass is 19.1. The van der Waals surface area contributed by atoms with Crippen molar-refractivity contribution in [2.45, 2.75) is 19.4 Å². The minimum absolute atomic E-state index is 0.245. The highest BCUT2D eigenvalue weighted by molar-refractivity contribution is 5.98. The van der Waals surface area contributed by atoms with Crippen molar-refractivity contribution in [1.29, 1.82) is 0 Å². The first-order valence-corrected chi connectivity index (χ1v) is 5.70. The Morgan fingerprint density at radius 2 is 2.17 bits per heavy atom. The lowest BCUT2D eigenvalue weighted by molar-refractivity contribution is 0.0942. The third kappa shape index (κ3) is 2.87. The summed E-state index contributed by atoms with van der Waals surface area (Å²) >= 11 is 0. The normalized spacial score (nSPS) is 11.8. The monoisotopic (exact) mass is 249 g/mol. The van der Waals surface area contributed by atoms with Crippen molar-refractivity contribution in [1.82, 2.24) is 10.3 Å². The van der Waals surface area contributed by atoms with Crippen molar-refractivity contribution in [3.05, 3.63) is 35.8 Å². The standard InChI is InChI=1S/C13H16FN3O/c1-13(2,15)7-16-12(18)11-6-8-5-9(14)3-4-10(8)17-11/h3-6,17H,7,15H2,1-2H3,(H,16,18). The van der Waals surface area contributed by atoms with E-state index in [0.717, 1.165) is 5.52 Å². The molecule has 0 atom stereocenters. The predicted molar refractivity (Wildman–Crippen MR) is 68.9 cm³/mol. The summed E-state index contributed by atoms with van der Waals surface area (Å²) in [5.41, 5.74) is 6.45. The number of halogens is 1. The number of benzene rings is 1. The Labute approximate surface area is 104 Å². The molecule has 0 spiro atoms. The first-order chi connectivity index (χ1) is 8.35. The van der Waals surface area contributed by atoms with E-state index in [2.05, 4.69) is 10.3 Å². The summed E-state index contributed by atoms with van der Waals surface area (Å²) in [5.74, 6) is -0.568. The molecule has 0 bridgehead atoms. The number of nitrogens with one attached hydrogen (secondary N) is 2. The topological polar surface area (TPSA) is 70.9 Å². The zero-order chi connectivity index (χ0) is 13.3. The van der Waals surface area contributed by atoms with Gasteiger partial charge in [-0.2, -0.15) is 0 Å². The highest BCUT2D eigenvalue weighted by Gasteiger charge is 2.14. The second-order valence-corrected chi connectivity index (χ2v) is 5.09. The predicted octanol–water partition coefficient (Wildman–Crippen LogP) is 1.77. The van der Waals surface area contributed by atoms with Crippen LogP contribution in [0.1, 0.15) is 24.3 Å². The van der Waals surface area contributed by atoms with Crippen LogP contribution in [0.4, 0.5) is 4.39 Å². The number of carbonyl (C=O) groups excluding carboxylic acids is 1. The van der Waals surface area contributed by atoms with Gasteiger partial charge >= 0.3 is 0 Å². The van der Waals surface area contributed by atoms with Crippen LogP contribution in [-0.2, 0) is 0 Å². The molecule has 0 aliphatic rings. The van der Waals surface area contributed by atoms with Gasteiger partial charge in [-0.1, -0.05) is 0 Å². The molecule has 0 fully saturated rings. The maximum absolute atomic E-state index is 13.0. The molecule has 0 aliphatic carbocycles. The Kier molecular flexibility index (Phi) is 3.09. The number of rotatable bonds is 3. The molecule has 0 aliphatic heterocycles. The van der Waals surface area contributed by atoms with Gasteiger partial charge in [0.05, 0.1) is 0 Å². The van der Waals surface area contributed by atoms with Crippen LogP contribution >= 0.6 is 0 Å². The van der Waals surface area contributed by atoms with Gasteiger partial charge in [0.25, 0.3) is 5.91 Å². The molecular formula is C13H16FN3O. The van der Waals surface area contributed by atoms with Gasteiger partial charge in [-0.05, 0) is 38.1 Å². The van der Waals surface area contributed by atoms with E-state index < -0.39 is 5.54 Å². The first-order valence-electron chi connectivity index (χ1n) is 5.70. The third-order valence-corrected chi connectivity index (χ3v) is 2.53. The molecule has 4 N–H and O–H groups in total. The molecule has 0 radical (unpaired) electrons. The SMILES string of the molecule is CC(C)(N)CNC(=O)c1cc2cc(F)ccc2[nH]1. The van der Waals surface area contributed by atoms with E-state index in [4.69, 9.17) is 5.73 Å². The number of hydrogen-bond donors (Lipinski definition) is 3. The molecule has 0 saturated carbocycles. The van der Waals surface area contributed by atoms with Crippen LogP contribution in [0, 0.1) is 5.82 Å². The van der Waals surface area contributed by atoms with E-state index in [1.165, 1.54) is 12.1 Å². The van der Waals surface area contributed by atoms with Gasteiger partial charge in [0.1, 0.15) is 11.5 Å². The van der Waals surface area contributed by atoms with Gasteiger partial charge in [0.15, 0.2) is 0 Å². The van der Waals surface area contributed by atoms with Crippen LogP contribution in [0.15, 0.2) is 24.3 Å². The van der Waals surface area contributed by atoms with Crippen molar-refractivity contribution in [3.63, 3.8) is 0 Å². The summed E-state index contributed by atoms with van der Waals surface area (Å²) in [5, 5.41) is 3.40. The second-order valence-electron chi connectivity index (χ2n) is 5.09. The van der Waals surface area contributed by atoms with Gasteiger partial charge in [-0.25, -0.2) is 4.39 Å². The van der Waals surface area contributed by atoms with Crippen molar-refractivity contribution < 1.29 is 9.18 Å². The lowest BCUT2D eigenvalue weighted by atomic mass is 10.1. The summed E-state index contributed by atoms with van der Waals surface area (Å²) in [6.45, 7) is 4.03. The van der Waals surface area contributed by atoms with Gasteiger partial charge in [-0.3, -0.25) is 4.79 Å². The third-order valence-electron chi connectivity index (χ3n) is 2.53. The minimum Gasteiger partial charge on any atom is -0.351 e. The van der Waals surface area contributed by atoms with Crippen molar-refractivity contribution >= 4 is 16.8 Å². The molecule has 1 heterocycles. The van der Waals surface area contributed by atoms with Crippen molar-refractivity contribution in [2.75, 3.05) is 6.54 Å². The fourth-order valence-electron chi connectivity index (χ4n) is 1.63. The van der Waals surface area contributed by atoms with Crippen LogP contribution in [0.2, 0.25) is 0 Å². The average Bonchev–Trinajstić information content (AvgIpc) is 2.67. The van der Waals surface area contributed by atoms with Crippen LogP contribution < -0.4 is 11.1 Å². The Balaban J connectivity index is 2.18. The summed E-state index contributed by atoms with van der Waals surface area (Å²) < 4.78 is 13.0. The van der Waals surface area contributed by atoms with E-state index >= 15 is 0 Å². The molecular weight excluding hydrogens is 233 g/mol. The summed E-state index contributed by atoms with van der Waals surface area (Å²) in [6.07, 6.45) is 0. The minimum atomic E-state index is -0.465. The van der Waals surface area contributed by atoms with Crippen LogP contribution in [0.25, 0.3) is 10.9 Å². The summed E-state index contributed by atoms with van der Waals surface area (Å²) in [4.78, 5) is 14.8. The van der Waals surface area contributed by atoms with Crippen LogP contribution in [0.5, 0.6) is 0 Å². The van der Waals surface area contributed by atoms with Gasteiger partial charge in [0.2, 0.25) is 0 Å². The lowest BCUT2D eigenvalue weighted by Gasteiger charge is -2.18. The second kappa shape index (κ2) is 4.42. The summed E-state index contributed by atoms with van der Waals surface area (Å²) in [6, 6.07) is 5.96. The molecule has 0 unspecified atom stereocenters. The fraction of sp³-hybridized carbons (Fsp3) is 0.308. The number of fused-ring (bicyclic) bond motifs is 1. The molecule has 96 valence electrons. The zero-order valence-corrected chi connectivity index (χ0v) is 10.4. The maximum Gasteiger partial charge on any atom is 0.267 e. The number of aromatic nitrogens is 1. The molecule has 1 amide bonds. The summed E-state index contributed by atoms with van der Waals surface area (Å²) in [7, 11) is 0. The van der Waals surface area contributed by atoms with E-state index in [1.54, 1.807) is 12.1 Å². The molecule has 1 aromatic carbocycles. The van der Waals surface area contributed by atoms with Gasteiger partial charge < -0.3 is 16.0 Å². The fourth-order valence-corrected chi connectivity index (χ4v) is 1.63. The number of amides is 1. The van der Waals surface area contributed by atoms with Crippen LogP contribution in [0.3, 0.4) is 0 Å². The highest BCUT2D eigenvalue weighted by Crippen LogP contribution is 2.16. The molecule has 2 rings (SSSR count). The number of carbonyl (C=O) groups is 1. The largest absolute Gasteiger partial charge is 0.351 e. The number of aromatic amines is 1. The molecule has 1 aromatic heterocycles. The quantitative estimate of drug-likeness (QED) is 0.775. The van der Waals surface area contributed by atoms with Crippen molar-refractivity contribution in [3.8, 4) is 0 Å². The van der Waals surface area contributed by atoms with E-state index in [9.17, 15) is 9.18 Å². The zero-order valence-electron chi connectivity index (χ0n) is 10.4. The average molecular weight is 249 g/mol. The number of hydrogen-bond acceptors (Lipinski definition) is 2. The smallest absolute Gasteiger partial charge is 0.267 e. The van der Waals surface area contributed by atoms with Crippen molar-refractivity contribution in [2.24, 2.45) is 5.73 Å². The molecule has 2 aromatic rings. The lowest BCUT2D eigenvalue weighted by Crippen LogP contribution is -2.45. The Hall–Kier alpha value is -1.88. The van der Waals surface area contributed by atoms with E-state index in [0.29, 0.717) is 17.6 Å². The Morgan fingerprint density at radius 3 is 2.83 bits per heavy atom. The molecule has 0 saturated heterocycles. The van der Waals surface area contributed by atoms with Gasteiger partial charge in [0, 0.05) is 23.0 Å². The molecule has 4 nitrogen and oxygen atoms in total. The Morgan fingerprint density at radius 1 is 1.44 bits per heavy atom. The molecule has 18 heavy (non-hydrogen) atoms. The van der Waals surface area contributed by atoms with E-state index in [1.807, 2.05) is 13.8 Å². The first kappa shape index (κ1) is 12.6. The van der Waals surface area contributed by atoms with Gasteiger partial charge in [-0.15, -0.1) is 0 Å². The Bertz CT molecular complexity index is 583. The maximum atomic E-state index is 13.0. The number of H-pyrrole nitrogens is 1.